The number of aromatic nitrogens is 2. The van der Waals surface area contributed by atoms with Gasteiger partial charge in [-0.05, 0) is 18.7 Å². The third kappa shape index (κ3) is 3.98. The Balaban J connectivity index is 2.42. The molecule has 1 heterocycles. The van der Waals surface area contributed by atoms with Crippen molar-refractivity contribution in [2.24, 2.45) is 7.05 Å². The van der Waals surface area contributed by atoms with Crippen LogP contribution in [0.3, 0.4) is 0 Å². The molecule has 1 N–H and O–H groups in total. The zero-order chi connectivity index (χ0) is 15.5. The Kier molecular flexibility index (Phi) is 4.52. The van der Waals surface area contributed by atoms with Crippen molar-refractivity contribution in [3.63, 3.8) is 0 Å². The van der Waals surface area contributed by atoms with Gasteiger partial charge in [0.1, 0.15) is 11.4 Å². The minimum Gasteiger partial charge on any atom is -0.405 e. The van der Waals surface area contributed by atoms with Gasteiger partial charge in [-0.25, -0.2) is 0 Å². The summed E-state index contributed by atoms with van der Waals surface area (Å²) in [5, 5.41) is 7.39. The summed E-state index contributed by atoms with van der Waals surface area (Å²) in [5.41, 5.74) is 1.62. The van der Waals surface area contributed by atoms with Crippen LogP contribution < -0.4 is 10.1 Å². The van der Waals surface area contributed by atoms with E-state index in [4.69, 9.17) is 0 Å². The van der Waals surface area contributed by atoms with Gasteiger partial charge in [0.25, 0.3) is 0 Å². The van der Waals surface area contributed by atoms with Crippen molar-refractivity contribution in [3.05, 3.63) is 36.0 Å². The van der Waals surface area contributed by atoms with Crippen LogP contribution in [-0.2, 0) is 13.6 Å². The molecule has 0 saturated heterocycles. The number of nitrogens with one attached hydrogen (secondary N) is 1. The summed E-state index contributed by atoms with van der Waals surface area (Å²) in [5.74, 6) is -0.249. The zero-order valence-corrected chi connectivity index (χ0v) is 11.7. The number of halogens is 3. The van der Waals surface area contributed by atoms with Crippen LogP contribution in [0.4, 0.5) is 13.2 Å². The molecule has 4 nitrogen and oxygen atoms in total. The predicted molar refractivity (Wildman–Crippen MR) is 72.7 cm³/mol. The molecule has 0 amide bonds. The Labute approximate surface area is 120 Å². The maximum atomic E-state index is 12.5. The quantitative estimate of drug-likeness (QED) is 0.922. The second-order valence-electron chi connectivity index (χ2n) is 4.50. The van der Waals surface area contributed by atoms with Gasteiger partial charge in [-0.1, -0.05) is 19.1 Å². The molecule has 0 spiro atoms. The smallest absolute Gasteiger partial charge is 0.405 e. The van der Waals surface area contributed by atoms with E-state index >= 15 is 0 Å². The summed E-state index contributed by atoms with van der Waals surface area (Å²) in [4.78, 5) is 0. The van der Waals surface area contributed by atoms with Crippen molar-refractivity contribution >= 4 is 0 Å². The lowest BCUT2D eigenvalue weighted by Crippen LogP contribution is -2.18. The first kappa shape index (κ1) is 15.4. The summed E-state index contributed by atoms with van der Waals surface area (Å²) in [6.45, 7) is 3.24. The molecule has 0 bridgehead atoms. The number of aryl methyl sites for hydroxylation is 1. The summed E-state index contributed by atoms with van der Waals surface area (Å²) in [6, 6.07) is 6.01. The lowest BCUT2D eigenvalue weighted by molar-refractivity contribution is -0.274. The van der Waals surface area contributed by atoms with Crippen molar-refractivity contribution < 1.29 is 17.9 Å². The monoisotopic (exact) mass is 299 g/mol. The van der Waals surface area contributed by atoms with E-state index in [1.165, 1.54) is 12.1 Å². The highest BCUT2D eigenvalue weighted by atomic mass is 19.4. The molecule has 1 aromatic heterocycles. The first-order valence-corrected chi connectivity index (χ1v) is 6.49. The van der Waals surface area contributed by atoms with Crippen LogP contribution in [0.2, 0.25) is 0 Å². The van der Waals surface area contributed by atoms with Gasteiger partial charge in [0.2, 0.25) is 0 Å². The van der Waals surface area contributed by atoms with Gasteiger partial charge < -0.3 is 10.1 Å². The predicted octanol–water partition coefficient (Wildman–Crippen LogP) is 3.10. The number of rotatable bonds is 5. The minimum absolute atomic E-state index is 0.249. The van der Waals surface area contributed by atoms with Crippen LogP contribution in [-0.4, -0.2) is 22.7 Å². The number of hydrogen-bond acceptors (Lipinski definition) is 3. The second-order valence-corrected chi connectivity index (χ2v) is 4.50. The lowest BCUT2D eigenvalue weighted by atomic mass is 10.1. The molecular formula is C14H16F3N3O. The fourth-order valence-corrected chi connectivity index (χ4v) is 2.03. The highest BCUT2D eigenvalue weighted by molar-refractivity contribution is 5.69. The van der Waals surface area contributed by atoms with E-state index in [0.29, 0.717) is 17.8 Å². The van der Waals surface area contributed by atoms with Gasteiger partial charge in [-0.3, -0.25) is 4.68 Å². The fraction of sp³-hybridized carbons (Fsp3) is 0.357. The second kappa shape index (κ2) is 6.17. The summed E-state index contributed by atoms with van der Waals surface area (Å²) >= 11 is 0. The fourth-order valence-electron chi connectivity index (χ4n) is 2.03. The van der Waals surface area contributed by atoms with Crippen molar-refractivity contribution in [2.75, 3.05) is 6.54 Å². The molecular weight excluding hydrogens is 283 g/mol. The number of ether oxygens (including phenoxy) is 1. The van der Waals surface area contributed by atoms with Gasteiger partial charge >= 0.3 is 6.36 Å². The van der Waals surface area contributed by atoms with Crippen LogP contribution in [0, 0.1) is 0 Å². The number of benzene rings is 1. The number of hydrogen-bond donors (Lipinski definition) is 1. The zero-order valence-electron chi connectivity index (χ0n) is 11.7. The van der Waals surface area contributed by atoms with Crippen molar-refractivity contribution in [3.8, 4) is 17.0 Å². The van der Waals surface area contributed by atoms with Gasteiger partial charge in [-0.2, -0.15) is 5.10 Å². The molecule has 114 valence electrons. The Bertz CT molecular complexity index is 608. The summed E-state index contributed by atoms with van der Waals surface area (Å²) < 4.78 is 43.1. The van der Waals surface area contributed by atoms with E-state index in [1.54, 1.807) is 30.1 Å². The maximum Gasteiger partial charge on any atom is 0.573 e. The Morgan fingerprint density at radius 3 is 2.67 bits per heavy atom. The average molecular weight is 299 g/mol. The molecule has 21 heavy (non-hydrogen) atoms. The molecule has 0 unspecified atom stereocenters. The normalized spacial score (nSPS) is 11.7. The third-order valence-electron chi connectivity index (χ3n) is 2.84. The first-order chi connectivity index (χ1) is 9.90. The molecule has 0 saturated carbocycles. The van der Waals surface area contributed by atoms with Gasteiger partial charge in [-0.15, -0.1) is 13.2 Å². The largest absolute Gasteiger partial charge is 0.573 e. The van der Waals surface area contributed by atoms with Crippen molar-refractivity contribution in [1.82, 2.24) is 15.1 Å². The third-order valence-corrected chi connectivity index (χ3v) is 2.84. The SMILES string of the molecule is CCNCc1cn(C)nc1-c1ccccc1OC(F)(F)F. The number of alkyl halides is 3. The molecule has 0 aliphatic heterocycles. The molecule has 0 atom stereocenters. The van der Waals surface area contributed by atoms with E-state index in [9.17, 15) is 13.2 Å². The highest BCUT2D eigenvalue weighted by Crippen LogP contribution is 2.34. The molecule has 2 rings (SSSR count). The summed E-state index contributed by atoms with van der Waals surface area (Å²) in [6.07, 6.45) is -2.95. The lowest BCUT2D eigenvalue weighted by Gasteiger charge is -2.12. The van der Waals surface area contributed by atoms with Gasteiger partial charge in [0, 0.05) is 30.9 Å². The van der Waals surface area contributed by atoms with Crippen molar-refractivity contribution in [2.45, 2.75) is 19.8 Å². The topological polar surface area (TPSA) is 39.1 Å². The minimum atomic E-state index is -4.73. The van der Waals surface area contributed by atoms with Crippen LogP contribution in [0.25, 0.3) is 11.3 Å². The number of nitrogens with zero attached hydrogens (tertiary/aromatic N) is 2. The van der Waals surface area contributed by atoms with E-state index in [2.05, 4.69) is 15.2 Å². The Hall–Kier alpha value is -2.02. The van der Waals surface area contributed by atoms with Crippen LogP contribution >= 0.6 is 0 Å². The maximum absolute atomic E-state index is 12.5. The highest BCUT2D eigenvalue weighted by Gasteiger charge is 2.32. The van der Waals surface area contributed by atoms with Gasteiger partial charge in [0.15, 0.2) is 0 Å². The standard InChI is InChI=1S/C14H16F3N3O/c1-3-18-8-10-9-20(2)19-13(10)11-6-4-5-7-12(11)21-14(15,16)17/h4-7,9,18H,3,8H2,1-2H3. The van der Waals surface area contributed by atoms with E-state index in [1.807, 2.05) is 6.92 Å². The van der Waals surface area contributed by atoms with Crippen LogP contribution in [0.1, 0.15) is 12.5 Å². The molecule has 7 heteroatoms. The Morgan fingerprint density at radius 1 is 1.29 bits per heavy atom. The average Bonchev–Trinajstić information content (AvgIpc) is 2.76. The van der Waals surface area contributed by atoms with E-state index < -0.39 is 6.36 Å². The molecule has 0 aliphatic rings. The summed E-state index contributed by atoms with van der Waals surface area (Å²) in [7, 11) is 1.73. The molecule has 0 radical (unpaired) electrons. The van der Waals surface area contributed by atoms with Crippen LogP contribution in [0.5, 0.6) is 5.75 Å². The molecule has 2 aromatic rings. The van der Waals surface area contributed by atoms with Crippen molar-refractivity contribution in [1.29, 1.82) is 0 Å². The van der Waals surface area contributed by atoms with E-state index in [-0.39, 0.29) is 5.75 Å². The van der Waals surface area contributed by atoms with E-state index in [0.717, 1.165) is 12.1 Å². The molecule has 1 aromatic carbocycles. The number of para-hydroxylation sites is 1. The van der Waals surface area contributed by atoms with Crippen LogP contribution in [0.15, 0.2) is 30.5 Å². The molecule has 0 fully saturated rings. The molecule has 0 aliphatic carbocycles. The Morgan fingerprint density at radius 2 is 2.00 bits per heavy atom. The first-order valence-electron chi connectivity index (χ1n) is 6.49. The van der Waals surface area contributed by atoms with Gasteiger partial charge in [0.05, 0.1) is 0 Å².